The molecule has 0 radical (unpaired) electrons. The molecule has 0 aliphatic rings. The van der Waals surface area contributed by atoms with Gasteiger partial charge in [-0.15, -0.1) is 0 Å². The summed E-state index contributed by atoms with van der Waals surface area (Å²) < 4.78 is 1.90. The minimum Gasteiger partial charge on any atom is -0.478 e. The number of aryl methyl sites for hydroxylation is 1. The topological polar surface area (TPSA) is 55.1 Å². The van der Waals surface area contributed by atoms with Crippen LogP contribution in [0.15, 0.2) is 36.7 Å². The fraction of sp³-hybridized carbons (Fsp3) is 0.0769. The van der Waals surface area contributed by atoms with Gasteiger partial charge >= 0.3 is 5.97 Å². The Morgan fingerprint density at radius 1 is 1.29 bits per heavy atom. The van der Waals surface area contributed by atoms with Crippen LogP contribution in [0.1, 0.15) is 21.7 Å². The molecule has 0 saturated carbocycles. The summed E-state index contributed by atoms with van der Waals surface area (Å²) in [6.45, 7) is 0. The predicted molar refractivity (Wildman–Crippen MR) is 65.5 cm³/mol. The molecule has 1 N–H and O–H groups in total. The summed E-state index contributed by atoms with van der Waals surface area (Å²) in [5.41, 5.74) is 1.23. The highest BCUT2D eigenvalue weighted by Gasteiger charge is 2.00. The fourth-order valence-corrected chi connectivity index (χ4v) is 1.45. The van der Waals surface area contributed by atoms with Crippen LogP contribution in [0, 0.1) is 0 Å². The molecule has 0 spiro atoms. The van der Waals surface area contributed by atoms with Gasteiger partial charge in [0, 0.05) is 19.4 Å². The van der Waals surface area contributed by atoms with E-state index in [2.05, 4.69) is 4.98 Å². The van der Waals surface area contributed by atoms with E-state index >= 15 is 0 Å². The number of hydrogen-bond acceptors (Lipinski definition) is 2. The van der Waals surface area contributed by atoms with E-state index in [0.29, 0.717) is 5.56 Å². The summed E-state index contributed by atoms with van der Waals surface area (Å²) in [7, 11) is 1.92. The van der Waals surface area contributed by atoms with Crippen molar-refractivity contribution in [2.45, 2.75) is 0 Å². The molecule has 0 amide bonds. The van der Waals surface area contributed by atoms with E-state index in [0.717, 1.165) is 11.4 Å². The summed E-state index contributed by atoms with van der Waals surface area (Å²) in [5.74, 6) is -0.0584. The van der Waals surface area contributed by atoms with Gasteiger partial charge < -0.3 is 9.67 Å². The van der Waals surface area contributed by atoms with Crippen molar-refractivity contribution < 1.29 is 9.90 Å². The van der Waals surface area contributed by atoms with E-state index in [1.54, 1.807) is 30.5 Å². The van der Waals surface area contributed by atoms with E-state index in [4.69, 9.17) is 5.11 Å². The number of hydrogen-bond donors (Lipinski definition) is 1. The van der Waals surface area contributed by atoms with Crippen LogP contribution in [0.4, 0.5) is 0 Å². The molecule has 1 aromatic heterocycles. The molecule has 0 saturated heterocycles. The monoisotopic (exact) mass is 228 g/mol. The molecular formula is C13H12N2O2. The molecule has 2 aromatic rings. The first-order valence-corrected chi connectivity index (χ1v) is 5.15. The number of carboxylic acids is 1. The lowest BCUT2D eigenvalue weighted by atomic mass is 10.1. The highest BCUT2D eigenvalue weighted by atomic mass is 16.4. The Morgan fingerprint density at radius 3 is 2.53 bits per heavy atom. The number of benzene rings is 1. The molecule has 4 heteroatoms. The van der Waals surface area contributed by atoms with Crippen LogP contribution in [0.3, 0.4) is 0 Å². The summed E-state index contributed by atoms with van der Waals surface area (Å²) in [6, 6.07) is 6.70. The molecule has 0 unspecified atom stereocenters. The third kappa shape index (κ3) is 2.60. The minimum atomic E-state index is -0.912. The largest absolute Gasteiger partial charge is 0.478 e. The molecule has 1 aromatic carbocycles. The Balaban J connectivity index is 2.17. The predicted octanol–water partition coefficient (Wildman–Crippen LogP) is 2.29. The lowest BCUT2D eigenvalue weighted by Crippen LogP contribution is -1.94. The van der Waals surface area contributed by atoms with Crippen molar-refractivity contribution in [2.24, 2.45) is 7.05 Å². The summed E-state index contributed by atoms with van der Waals surface area (Å²) in [4.78, 5) is 14.8. The smallest absolute Gasteiger partial charge is 0.335 e. The third-order valence-corrected chi connectivity index (χ3v) is 2.44. The first-order valence-electron chi connectivity index (χ1n) is 5.15. The molecule has 0 atom stereocenters. The Morgan fingerprint density at radius 2 is 2.00 bits per heavy atom. The van der Waals surface area contributed by atoms with Gasteiger partial charge in [-0.05, 0) is 23.8 Å². The Kier molecular flexibility index (Phi) is 3.05. The molecule has 17 heavy (non-hydrogen) atoms. The average Bonchev–Trinajstić information content (AvgIpc) is 2.73. The standard InChI is InChI=1S/C13H12N2O2/c1-15-9-8-14-12(15)7-4-10-2-5-11(6-3-10)13(16)17/h2-9H,1H3,(H,16,17)/b7-4+. The van der Waals surface area contributed by atoms with E-state index in [1.807, 2.05) is 30.0 Å². The summed E-state index contributed by atoms with van der Waals surface area (Å²) in [6.07, 6.45) is 7.38. The molecule has 0 aliphatic heterocycles. The SMILES string of the molecule is Cn1ccnc1/C=C/c1ccc(C(=O)O)cc1. The zero-order valence-corrected chi connectivity index (χ0v) is 9.37. The fourth-order valence-electron chi connectivity index (χ4n) is 1.45. The van der Waals surface area contributed by atoms with Crippen LogP contribution in [0.25, 0.3) is 12.2 Å². The second kappa shape index (κ2) is 4.65. The van der Waals surface area contributed by atoms with Gasteiger partial charge in [0.05, 0.1) is 5.56 Å². The van der Waals surface area contributed by atoms with Crippen molar-refractivity contribution in [3.8, 4) is 0 Å². The highest BCUT2D eigenvalue weighted by Crippen LogP contribution is 2.08. The maximum Gasteiger partial charge on any atom is 0.335 e. The number of aromatic nitrogens is 2. The maximum absolute atomic E-state index is 10.7. The van der Waals surface area contributed by atoms with Gasteiger partial charge in [-0.25, -0.2) is 9.78 Å². The van der Waals surface area contributed by atoms with Gasteiger partial charge in [0.15, 0.2) is 0 Å². The number of carboxylic acid groups (broad SMARTS) is 1. The van der Waals surface area contributed by atoms with Gasteiger partial charge in [0.1, 0.15) is 5.82 Å². The van der Waals surface area contributed by atoms with Crippen molar-refractivity contribution >= 4 is 18.1 Å². The first-order chi connectivity index (χ1) is 8.16. The molecule has 0 aliphatic carbocycles. The van der Waals surface area contributed by atoms with Crippen LogP contribution in [0.5, 0.6) is 0 Å². The molecule has 2 rings (SSSR count). The second-order valence-electron chi connectivity index (χ2n) is 3.66. The molecular weight excluding hydrogens is 216 g/mol. The number of rotatable bonds is 3. The highest BCUT2D eigenvalue weighted by molar-refractivity contribution is 5.88. The summed E-state index contributed by atoms with van der Waals surface area (Å²) >= 11 is 0. The molecule has 0 bridgehead atoms. The number of carbonyl (C=O) groups is 1. The third-order valence-electron chi connectivity index (χ3n) is 2.44. The number of aromatic carboxylic acids is 1. The van der Waals surface area contributed by atoms with E-state index in [1.165, 1.54) is 0 Å². The lowest BCUT2D eigenvalue weighted by Gasteiger charge is -1.96. The zero-order valence-electron chi connectivity index (χ0n) is 9.37. The van der Waals surface area contributed by atoms with E-state index < -0.39 is 5.97 Å². The van der Waals surface area contributed by atoms with Crippen LogP contribution < -0.4 is 0 Å². The van der Waals surface area contributed by atoms with Crippen LogP contribution in [-0.4, -0.2) is 20.6 Å². The maximum atomic E-state index is 10.7. The second-order valence-corrected chi connectivity index (χ2v) is 3.66. The van der Waals surface area contributed by atoms with Crippen molar-refractivity contribution in [1.29, 1.82) is 0 Å². The van der Waals surface area contributed by atoms with Crippen molar-refractivity contribution in [3.63, 3.8) is 0 Å². The Hall–Kier alpha value is -2.36. The van der Waals surface area contributed by atoms with Gasteiger partial charge in [0.2, 0.25) is 0 Å². The van der Waals surface area contributed by atoms with Crippen molar-refractivity contribution in [3.05, 3.63) is 53.6 Å². The van der Waals surface area contributed by atoms with Crippen molar-refractivity contribution in [2.75, 3.05) is 0 Å². The van der Waals surface area contributed by atoms with Crippen LogP contribution >= 0.6 is 0 Å². The molecule has 1 heterocycles. The van der Waals surface area contributed by atoms with Gasteiger partial charge in [-0.3, -0.25) is 0 Å². The first kappa shape index (κ1) is 11.1. The van der Waals surface area contributed by atoms with Crippen LogP contribution in [0.2, 0.25) is 0 Å². The van der Waals surface area contributed by atoms with Crippen molar-refractivity contribution in [1.82, 2.24) is 9.55 Å². The minimum absolute atomic E-state index is 0.291. The molecule has 0 fully saturated rings. The number of imidazole rings is 1. The quantitative estimate of drug-likeness (QED) is 0.876. The van der Waals surface area contributed by atoms with E-state index in [-0.39, 0.29) is 0 Å². The lowest BCUT2D eigenvalue weighted by molar-refractivity contribution is 0.0697. The normalized spacial score (nSPS) is 10.9. The molecule has 86 valence electrons. The summed E-state index contributed by atoms with van der Waals surface area (Å²) in [5, 5.41) is 8.76. The van der Waals surface area contributed by atoms with Crippen LogP contribution in [-0.2, 0) is 7.05 Å². The molecule has 4 nitrogen and oxygen atoms in total. The Labute approximate surface area is 98.9 Å². The number of nitrogens with zero attached hydrogens (tertiary/aromatic N) is 2. The van der Waals surface area contributed by atoms with Gasteiger partial charge in [-0.1, -0.05) is 18.2 Å². The average molecular weight is 228 g/mol. The zero-order chi connectivity index (χ0) is 12.3. The van der Waals surface area contributed by atoms with Gasteiger partial charge in [0.25, 0.3) is 0 Å². The van der Waals surface area contributed by atoms with Gasteiger partial charge in [-0.2, -0.15) is 0 Å². The Bertz CT molecular complexity index is 553. The van der Waals surface area contributed by atoms with E-state index in [9.17, 15) is 4.79 Å².